The molecule has 3 aromatic rings. The smallest absolute Gasteiger partial charge is 0.854 e. The van der Waals surface area contributed by atoms with Gasteiger partial charge in [-0.05, 0) is 17.7 Å². The fraction of sp³-hybridized carbons (Fsp3) is 0.0909. The summed E-state index contributed by atoms with van der Waals surface area (Å²) < 4.78 is 52.9. The summed E-state index contributed by atoms with van der Waals surface area (Å²) in [7, 11) is 0. The van der Waals surface area contributed by atoms with E-state index < -0.39 is 34.9 Å². The second kappa shape index (κ2) is 10.6. The van der Waals surface area contributed by atoms with E-state index in [9.17, 15) is 28.1 Å². The number of alkyl halides is 3. The largest absolute Gasteiger partial charge is 2.00 e. The van der Waals surface area contributed by atoms with E-state index in [0.29, 0.717) is 16.7 Å². The van der Waals surface area contributed by atoms with E-state index in [0.717, 1.165) is 6.07 Å². The average Bonchev–Trinajstić information content (AvgIpc) is 2.72. The van der Waals surface area contributed by atoms with Crippen LogP contribution >= 0.6 is 11.6 Å². The van der Waals surface area contributed by atoms with Crippen molar-refractivity contribution < 1.29 is 53.8 Å². The minimum absolute atomic E-state index is 0. The quantitative estimate of drug-likeness (QED) is 0.213. The van der Waals surface area contributed by atoms with Crippen molar-refractivity contribution in [2.45, 2.75) is 12.3 Å². The summed E-state index contributed by atoms with van der Waals surface area (Å²) >= 11 is 5.85. The van der Waals surface area contributed by atoms with E-state index in [4.69, 9.17) is 11.6 Å². The maximum atomic E-state index is 14.4. The Kier molecular flexibility index (Phi) is 8.61. The van der Waals surface area contributed by atoms with E-state index in [1.165, 1.54) is 18.5 Å². The molecule has 0 saturated heterocycles. The Morgan fingerprint density at radius 3 is 2.32 bits per heavy atom. The Hall–Kier alpha value is -1.98. The van der Waals surface area contributed by atoms with Gasteiger partial charge in [-0.2, -0.15) is 13.2 Å². The normalized spacial score (nSPS) is 12.8. The molecule has 1 unspecified atom stereocenters. The van der Waals surface area contributed by atoms with Crippen molar-refractivity contribution in [1.82, 2.24) is 4.98 Å². The van der Waals surface area contributed by atoms with Gasteiger partial charge in [0.25, 0.3) is 0 Å². The Labute approximate surface area is 204 Å². The van der Waals surface area contributed by atoms with Gasteiger partial charge in [-0.15, -0.1) is 29.3 Å². The molecule has 156 valence electrons. The molecule has 31 heavy (non-hydrogen) atoms. The molecule has 9 heteroatoms. The number of hydrogen-bond acceptors (Lipinski definition) is 2. The summed E-state index contributed by atoms with van der Waals surface area (Å²) in [4.78, 5) is 3.89. The maximum absolute atomic E-state index is 14.4. The molecule has 0 bridgehead atoms. The summed E-state index contributed by atoms with van der Waals surface area (Å²) in [5.74, 6) is -1.30. The molecule has 0 saturated carbocycles. The van der Waals surface area contributed by atoms with Gasteiger partial charge in [-0.25, -0.2) is 10.1 Å². The van der Waals surface area contributed by atoms with Crippen molar-refractivity contribution in [3.05, 3.63) is 117 Å². The van der Waals surface area contributed by atoms with Crippen LogP contribution in [0.3, 0.4) is 0 Å². The number of hydrogen-bond donors (Lipinski definition) is 1. The number of nitrogens with zero attached hydrogens (tertiary/aromatic N) is 2. The van der Waals surface area contributed by atoms with E-state index >= 15 is 0 Å². The molecular weight excluding hydrogens is 658 g/mol. The molecule has 0 radical (unpaired) electrons. The predicted octanol–water partition coefficient (Wildman–Crippen LogP) is 5.76. The fourth-order valence-corrected chi connectivity index (χ4v) is 2.80. The SMILES string of the molecule is [N-]=C(C(=[C-]c1ccc(Cl)cc1)C(O)c1cccnc1)c1ccc(C(F)(F)F)cc1F.[U+2]. The molecule has 1 heterocycles. The zero-order valence-corrected chi connectivity index (χ0v) is 20.6. The van der Waals surface area contributed by atoms with Crippen LogP contribution in [0.2, 0.25) is 5.02 Å². The van der Waals surface area contributed by atoms with Gasteiger partial charge in [0.05, 0.1) is 11.7 Å². The summed E-state index contributed by atoms with van der Waals surface area (Å²) in [6.07, 6.45) is -0.623. The second-order valence-electron chi connectivity index (χ2n) is 6.28. The average molecular weight is 671 g/mol. The molecule has 1 N–H and O–H groups in total. The van der Waals surface area contributed by atoms with Crippen LogP contribution in [0, 0.1) is 43.0 Å². The zero-order valence-electron chi connectivity index (χ0n) is 15.7. The number of pyridine rings is 1. The van der Waals surface area contributed by atoms with Crippen molar-refractivity contribution in [1.29, 1.82) is 0 Å². The predicted molar refractivity (Wildman–Crippen MR) is 105 cm³/mol. The van der Waals surface area contributed by atoms with E-state index in [-0.39, 0.29) is 48.3 Å². The Balaban J connectivity index is 0.00000341. The van der Waals surface area contributed by atoms with Crippen molar-refractivity contribution >= 4 is 17.3 Å². The minimum Gasteiger partial charge on any atom is -0.854 e. The third-order valence-electron chi connectivity index (χ3n) is 4.20. The van der Waals surface area contributed by atoms with Crippen LogP contribution in [0.15, 0.2) is 72.6 Å². The Bertz CT molecular complexity index is 1090. The summed E-state index contributed by atoms with van der Waals surface area (Å²) in [5, 5.41) is 21.9. The van der Waals surface area contributed by atoms with Gasteiger partial charge in [0.1, 0.15) is 5.82 Å². The van der Waals surface area contributed by atoms with Crippen LogP contribution in [0.4, 0.5) is 17.6 Å². The molecule has 0 aliphatic rings. The molecule has 1 atom stereocenters. The minimum atomic E-state index is -4.74. The number of aliphatic hydroxyl groups is 1. The molecule has 3 nitrogen and oxygen atoms in total. The van der Waals surface area contributed by atoms with E-state index in [2.05, 4.69) is 11.1 Å². The monoisotopic (exact) mass is 670 g/mol. The fourth-order valence-electron chi connectivity index (χ4n) is 2.68. The third-order valence-corrected chi connectivity index (χ3v) is 4.46. The number of halogens is 5. The maximum Gasteiger partial charge on any atom is 2.00 e. The zero-order chi connectivity index (χ0) is 21.9. The van der Waals surface area contributed by atoms with Gasteiger partial charge in [-0.3, -0.25) is 4.98 Å². The number of aromatic nitrogens is 1. The first-order valence-corrected chi connectivity index (χ1v) is 8.95. The van der Waals surface area contributed by atoms with E-state index in [1.807, 2.05) is 0 Å². The second-order valence-corrected chi connectivity index (χ2v) is 6.71. The van der Waals surface area contributed by atoms with Gasteiger partial charge in [0, 0.05) is 23.0 Å². The Morgan fingerprint density at radius 2 is 1.77 bits per heavy atom. The van der Waals surface area contributed by atoms with Crippen molar-refractivity contribution in [3.8, 4) is 0 Å². The molecule has 0 aliphatic carbocycles. The first kappa shape index (κ1) is 25.3. The molecule has 0 spiro atoms. The van der Waals surface area contributed by atoms with Crippen LogP contribution in [0.25, 0.3) is 5.41 Å². The standard InChI is InChI=1S/C22H13ClF4N2O.U/c23-16-6-3-13(4-7-16)10-18(21(30)14-2-1-9-29-12-14)20(28)17-8-5-15(11-19(17)24)22(25,26)27;/h1-9,11-12,21,30H;/q-2;+2. The van der Waals surface area contributed by atoms with Crippen LogP contribution in [0.1, 0.15) is 28.4 Å². The van der Waals surface area contributed by atoms with Crippen LogP contribution in [-0.2, 0) is 6.18 Å². The molecule has 0 fully saturated rings. The summed E-state index contributed by atoms with van der Waals surface area (Å²) in [6.45, 7) is 0. The van der Waals surface area contributed by atoms with Gasteiger partial charge in [0.15, 0.2) is 0 Å². The van der Waals surface area contributed by atoms with Crippen molar-refractivity contribution in [3.63, 3.8) is 0 Å². The van der Waals surface area contributed by atoms with Gasteiger partial charge in [0.2, 0.25) is 0 Å². The molecule has 1 aromatic heterocycles. The number of aliphatic hydroxyl groups excluding tert-OH is 1. The number of rotatable bonds is 5. The molecule has 0 aliphatic heterocycles. The molecule has 2 aromatic carbocycles. The topological polar surface area (TPSA) is 55.4 Å². The van der Waals surface area contributed by atoms with Gasteiger partial charge in [-0.1, -0.05) is 41.9 Å². The third kappa shape index (κ3) is 6.27. The van der Waals surface area contributed by atoms with Crippen molar-refractivity contribution in [2.24, 2.45) is 0 Å². The molecule has 3 rings (SSSR count). The number of benzene rings is 2. The molecular formula is C22H13ClF4N2OU. The van der Waals surface area contributed by atoms with Crippen LogP contribution in [0.5, 0.6) is 0 Å². The van der Waals surface area contributed by atoms with Crippen molar-refractivity contribution in [2.75, 3.05) is 0 Å². The van der Waals surface area contributed by atoms with Gasteiger partial charge < -0.3 is 10.5 Å². The first-order valence-electron chi connectivity index (χ1n) is 8.57. The van der Waals surface area contributed by atoms with Crippen LogP contribution < -0.4 is 0 Å². The van der Waals surface area contributed by atoms with Crippen LogP contribution in [-0.4, -0.2) is 15.8 Å². The van der Waals surface area contributed by atoms with Gasteiger partial charge >= 0.3 is 37.3 Å². The summed E-state index contributed by atoms with van der Waals surface area (Å²) in [5.41, 5.74) is -2.04. The Morgan fingerprint density at radius 1 is 1.10 bits per heavy atom. The summed E-state index contributed by atoms with van der Waals surface area (Å²) in [6, 6.07) is 11.0. The molecule has 0 amide bonds. The first-order chi connectivity index (χ1) is 14.2. The van der Waals surface area contributed by atoms with E-state index in [1.54, 1.807) is 30.3 Å².